The third-order valence-corrected chi connectivity index (χ3v) is 3.19. The number of nitrogens with zero attached hydrogens (tertiary/aromatic N) is 1. The molecule has 0 saturated heterocycles. The smallest absolute Gasteiger partial charge is 0.0867 e. The van der Waals surface area contributed by atoms with Crippen molar-refractivity contribution in [3.8, 4) is 0 Å². The van der Waals surface area contributed by atoms with E-state index >= 15 is 0 Å². The van der Waals surface area contributed by atoms with Crippen LogP contribution in [0.4, 0.5) is 11.4 Å². The van der Waals surface area contributed by atoms with Gasteiger partial charge in [0.05, 0.1) is 23.1 Å². The number of nitrogens with two attached hydrogens (primary N) is 2. The van der Waals surface area contributed by atoms with Gasteiger partial charge in [0.2, 0.25) is 0 Å². The Morgan fingerprint density at radius 3 is 2.71 bits per heavy atom. The topological polar surface area (TPSA) is 64.9 Å². The average molecular weight is 364 g/mol. The largest absolute Gasteiger partial charge is 0.396 e. The minimum Gasteiger partial charge on any atom is -0.396 e. The Morgan fingerprint density at radius 1 is 1.29 bits per heavy atom. The van der Waals surface area contributed by atoms with Gasteiger partial charge in [-0.1, -0.05) is 0 Å². The van der Waals surface area contributed by atoms with E-state index in [1.165, 1.54) is 0 Å². The van der Waals surface area contributed by atoms with Gasteiger partial charge >= 0.3 is 0 Å². The highest BCUT2D eigenvalue weighted by molar-refractivity contribution is 14.1. The van der Waals surface area contributed by atoms with Crippen molar-refractivity contribution in [2.75, 3.05) is 11.5 Å². The van der Waals surface area contributed by atoms with Crippen LogP contribution >= 0.6 is 38.5 Å². The van der Waals surface area contributed by atoms with E-state index in [1.807, 2.05) is 12.1 Å². The summed E-state index contributed by atoms with van der Waals surface area (Å²) in [5.41, 5.74) is 13.5. The predicted molar refractivity (Wildman–Crippen MR) is 71.0 cm³/mol. The van der Waals surface area contributed by atoms with Crippen molar-refractivity contribution >= 4 is 60.8 Å². The van der Waals surface area contributed by atoms with E-state index in [1.54, 1.807) is 6.20 Å². The fraction of sp³-hybridized carbons (Fsp3) is 0. The third-order valence-electron chi connectivity index (χ3n) is 1.96. The first-order valence-electron chi connectivity index (χ1n) is 3.88. The van der Waals surface area contributed by atoms with E-state index in [4.69, 9.17) is 11.5 Å². The molecule has 0 aliphatic heterocycles. The highest BCUT2D eigenvalue weighted by Crippen LogP contribution is 2.31. The fourth-order valence-corrected chi connectivity index (χ4v) is 2.87. The Bertz CT molecular complexity index is 513. The Hall–Kier alpha value is -0.560. The van der Waals surface area contributed by atoms with Gasteiger partial charge in [-0.2, -0.15) is 0 Å². The number of fused-ring (bicyclic) bond motifs is 1. The van der Waals surface area contributed by atoms with Crippen LogP contribution in [0.5, 0.6) is 0 Å². The monoisotopic (exact) mass is 363 g/mol. The second-order valence-corrected chi connectivity index (χ2v) is 5.01. The molecule has 0 saturated carbocycles. The molecule has 4 N–H and O–H groups in total. The average Bonchev–Trinajstić information content (AvgIpc) is 2.12. The molecule has 14 heavy (non-hydrogen) atoms. The molecule has 1 heterocycles. The summed E-state index contributed by atoms with van der Waals surface area (Å²) in [6, 6.07) is 3.96. The van der Waals surface area contributed by atoms with Crippen molar-refractivity contribution in [1.82, 2.24) is 4.98 Å². The van der Waals surface area contributed by atoms with E-state index in [-0.39, 0.29) is 0 Å². The summed E-state index contributed by atoms with van der Waals surface area (Å²) in [7, 11) is 0. The maximum atomic E-state index is 5.87. The van der Waals surface area contributed by atoms with Crippen molar-refractivity contribution in [3.63, 3.8) is 0 Å². The number of aromatic nitrogens is 1. The molecule has 0 bridgehead atoms. The van der Waals surface area contributed by atoms with Crippen LogP contribution in [0.1, 0.15) is 0 Å². The van der Waals surface area contributed by atoms with Crippen LogP contribution in [0.15, 0.2) is 22.8 Å². The summed E-state index contributed by atoms with van der Waals surface area (Å²) < 4.78 is 2.03. The molecular formula is C9H7BrIN3. The van der Waals surface area contributed by atoms with Gasteiger partial charge in [0, 0.05) is 13.4 Å². The predicted octanol–water partition coefficient (Wildman–Crippen LogP) is 2.77. The van der Waals surface area contributed by atoms with Gasteiger partial charge in [-0.25, -0.2) is 0 Å². The standard InChI is InChI=1S/C9H7BrIN3/c10-6-2-4(11)1-5-8(13)7(12)3-14-9(5)6/h1-3H,12H2,(H2,13,14). The maximum Gasteiger partial charge on any atom is 0.0867 e. The maximum absolute atomic E-state index is 5.87. The quantitative estimate of drug-likeness (QED) is 0.707. The highest BCUT2D eigenvalue weighted by atomic mass is 127. The van der Waals surface area contributed by atoms with E-state index in [2.05, 4.69) is 43.5 Å². The number of hydrogen-bond donors (Lipinski definition) is 2. The summed E-state index contributed by atoms with van der Waals surface area (Å²) in [6.45, 7) is 0. The molecule has 0 amide bonds. The lowest BCUT2D eigenvalue weighted by atomic mass is 10.2. The minimum absolute atomic E-state index is 0.520. The van der Waals surface area contributed by atoms with Crippen LogP contribution in [-0.4, -0.2) is 4.98 Å². The molecule has 1 aromatic carbocycles. The Morgan fingerprint density at radius 2 is 2.00 bits per heavy atom. The molecule has 1 aromatic heterocycles. The van der Waals surface area contributed by atoms with Crippen LogP contribution in [0.25, 0.3) is 10.9 Å². The van der Waals surface area contributed by atoms with Gasteiger partial charge < -0.3 is 11.5 Å². The van der Waals surface area contributed by atoms with Gasteiger partial charge in [-0.15, -0.1) is 0 Å². The van der Waals surface area contributed by atoms with Crippen molar-refractivity contribution in [2.45, 2.75) is 0 Å². The molecule has 0 unspecified atom stereocenters. The van der Waals surface area contributed by atoms with Crippen LogP contribution < -0.4 is 11.5 Å². The summed E-state index contributed by atoms with van der Waals surface area (Å²) in [5.74, 6) is 0. The van der Waals surface area contributed by atoms with Gasteiger partial charge in [-0.3, -0.25) is 4.98 Å². The fourth-order valence-electron chi connectivity index (χ4n) is 1.26. The lowest BCUT2D eigenvalue weighted by Crippen LogP contribution is -1.97. The van der Waals surface area contributed by atoms with E-state index in [0.717, 1.165) is 18.9 Å². The van der Waals surface area contributed by atoms with E-state index < -0.39 is 0 Å². The highest BCUT2D eigenvalue weighted by Gasteiger charge is 2.07. The van der Waals surface area contributed by atoms with Gasteiger partial charge in [0.25, 0.3) is 0 Å². The molecule has 3 nitrogen and oxygen atoms in total. The number of anilines is 2. The molecule has 2 aromatic rings. The lowest BCUT2D eigenvalue weighted by Gasteiger charge is -2.06. The molecule has 0 atom stereocenters. The zero-order valence-corrected chi connectivity index (χ0v) is 10.8. The second-order valence-electron chi connectivity index (χ2n) is 2.91. The molecule has 2 rings (SSSR count). The Kier molecular flexibility index (Phi) is 2.52. The van der Waals surface area contributed by atoms with Crippen LogP contribution in [0.2, 0.25) is 0 Å². The van der Waals surface area contributed by atoms with Crippen LogP contribution in [0, 0.1) is 3.57 Å². The van der Waals surface area contributed by atoms with Crippen molar-refractivity contribution < 1.29 is 0 Å². The first-order chi connectivity index (χ1) is 6.59. The summed E-state index contributed by atoms with van der Waals surface area (Å²) in [6.07, 6.45) is 1.58. The molecule has 72 valence electrons. The zero-order chi connectivity index (χ0) is 10.3. The van der Waals surface area contributed by atoms with E-state index in [9.17, 15) is 0 Å². The van der Waals surface area contributed by atoms with Crippen molar-refractivity contribution in [1.29, 1.82) is 0 Å². The molecular weight excluding hydrogens is 357 g/mol. The summed E-state index contributed by atoms with van der Waals surface area (Å²) in [4.78, 5) is 4.23. The molecule has 0 fully saturated rings. The minimum atomic E-state index is 0.520. The van der Waals surface area contributed by atoms with Gasteiger partial charge in [0.1, 0.15) is 0 Å². The van der Waals surface area contributed by atoms with Crippen LogP contribution in [0.3, 0.4) is 0 Å². The first-order valence-corrected chi connectivity index (χ1v) is 5.75. The van der Waals surface area contributed by atoms with Crippen molar-refractivity contribution in [2.24, 2.45) is 0 Å². The number of rotatable bonds is 0. The Labute approximate surface area is 103 Å². The second kappa shape index (κ2) is 3.54. The molecule has 0 radical (unpaired) electrons. The molecule has 0 spiro atoms. The number of nitrogen functional groups attached to an aromatic ring is 2. The number of hydrogen-bond acceptors (Lipinski definition) is 3. The van der Waals surface area contributed by atoms with Crippen molar-refractivity contribution in [3.05, 3.63) is 26.4 Å². The van der Waals surface area contributed by atoms with Gasteiger partial charge in [-0.05, 0) is 50.7 Å². The zero-order valence-electron chi connectivity index (χ0n) is 7.09. The van der Waals surface area contributed by atoms with E-state index in [0.29, 0.717) is 11.4 Å². The first kappa shape index (κ1) is 9.97. The number of halogens is 2. The number of benzene rings is 1. The Balaban J connectivity index is 2.95. The summed E-state index contributed by atoms with van der Waals surface area (Å²) >= 11 is 5.67. The van der Waals surface area contributed by atoms with Crippen LogP contribution in [-0.2, 0) is 0 Å². The third kappa shape index (κ3) is 1.54. The molecule has 0 aliphatic carbocycles. The lowest BCUT2D eigenvalue weighted by molar-refractivity contribution is 1.40. The van der Waals surface area contributed by atoms with Gasteiger partial charge in [0.15, 0.2) is 0 Å². The normalized spacial score (nSPS) is 10.7. The molecule has 0 aliphatic rings. The molecule has 5 heteroatoms. The SMILES string of the molecule is Nc1cnc2c(Br)cc(I)cc2c1N. The number of pyridine rings is 1. The summed E-state index contributed by atoms with van der Waals surface area (Å²) in [5, 5.41) is 0.892.